The van der Waals surface area contributed by atoms with E-state index in [0.717, 1.165) is 11.3 Å². The zero-order valence-electron chi connectivity index (χ0n) is 11.1. The van der Waals surface area contributed by atoms with E-state index in [0.29, 0.717) is 6.42 Å². The van der Waals surface area contributed by atoms with Crippen molar-refractivity contribution in [2.45, 2.75) is 40.2 Å². The van der Waals surface area contributed by atoms with Crippen LogP contribution in [0, 0.1) is 5.41 Å². The van der Waals surface area contributed by atoms with Crippen molar-refractivity contribution in [3.63, 3.8) is 0 Å². The number of carbonyl (C=O) groups excluding carboxylic acids is 1. The molecule has 1 aromatic carbocycles. The number of rotatable bonds is 3. The third-order valence-electron chi connectivity index (χ3n) is 2.48. The van der Waals surface area contributed by atoms with Gasteiger partial charge in [0.15, 0.2) is 0 Å². The molecule has 0 saturated heterocycles. The van der Waals surface area contributed by atoms with E-state index in [2.05, 4.69) is 26.1 Å². The Labute approximate surface area is 103 Å². The van der Waals surface area contributed by atoms with Crippen LogP contribution in [0.5, 0.6) is 0 Å². The van der Waals surface area contributed by atoms with Crippen molar-refractivity contribution in [1.82, 2.24) is 5.32 Å². The van der Waals surface area contributed by atoms with E-state index in [1.165, 1.54) is 0 Å². The quantitative estimate of drug-likeness (QED) is 0.790. The van der Waals surface area contributed by atoms with E-state index in [-0.39, 0.29) is 17.4 Å². The first-order valence-electron chi connectivity index (χ1n) is 5.93. The van der Waals surface area contributed by atoms with Crippen LogP contribution in [0.15, 0.2) is 24.3 Å². The molecule has 3 heteroatoms. The number of nitrogens with one attached hydrogen (secondary N) is 1. The van der Waals surface area contributed by atoms with Crippen molar-refractivity contribution >= 4 is 11.6 Å². The fourth-order valence-electron chi connectivity index (χ4n) is 1.69. The molecule has 1 atom stereocenters. The van der Waals surface area contributed by atoms with Gasteiger partial charge in [0.25, 0.3) is 0 Å². The SMILES string of the molecule is CC(NC(=O)CC(C)(C)C)c1cccc(N)c1. The summed E-state index contributed by atoms with van der Waals surface area (Å²) in [6.07, 6.45) is 0.527. The molecular formula is C14H22N2O. The van der Waals surface area contributed by atoms with E-state index in [1.807, 2.05) is 31.2 Å². The maximum absolute atomic E-state index is 11.8. The molecular weight excluding hydrogens is 212 g/mol. The average molecular weight is 234 g/mol. The van der Waals surface area contributed by atoms with Gasteiger partial charge in [-0.1, -0.05) is 32.9 Å². The number of carbonyl (C=O) groups is 1. The first kappa shape index (κ1) is 13.6. The molecule has 0 spiro atoms. The summed E-state index contributed by atoms with van der Waals surface area (Å²) in [5.41, 5.74) is 7.49. The van der Waals surface area contributed by atoms with Crippen LogP contribution in [0.25, 0.3) is 0 Å². The van der Waals surface area contributed by atoms with Crippen LogP contribution in [-0.2, 0) is 4.79 Å². The second-order valence-electron chi connectivity index (χ2n) is 5.70. The number of nitrogen functional groups attached to an aromatic ring is 1. The van der Waals surface area contributed by atoms with Crippen LogP contribution in [0.4, 0.5) is 5.69 Å². The van der Waals surface area contributed by atoms with Crippen LogP contribution in [0.3, 0.4) is 0 Å². The highest BCUT2D eigenvalue weighted by atomic mass is 16.1. The number of benzene rings is 1. The summed E-state index contributed by atoms with van der Waals surface area (Å²) < 4.78 is 0. The molecule has 3 nitrogen and oxygen atoms in total. The molecule has 94 valence electrons. The third-order valence-corrected chi connectivity index (χ3v) is 2.48. The topological polar surface area (TPSA) is 55.1 Å². The van der Waals surface area contributed by atoms with Crippen molar-refractivity contribution in [2.24, 2.45) is 5.41 Å². The summed E-state index contributed by atoms with van der Waals surface area (Å²) in [5.74, 6) is 0.0763. The first-order chi connectivity index (χ1) is 7.78. The molecule has 0 bridgehead atoms. The van der Waals surface area contributed by atoms with Gasteiger partial charge < -0.3 is 11.1 Å². The molecule has 0 aliphatic carbocycles. The smallest absolute Gasteiger partial charge is 0.220 e. The van der Waals surface area contributed by atoms with Crippen LogP contribution < -0.4 is 11.1 Å². The lowest BCUT2D eigenvalue weighted by atomic mass is 9.91. The highest BCUT2D eigenvalue weighted by Crippen LogP contribution is 2.20. The maximum atomic E-state index is 11.8. The van der Waals surface area contributed by atoms with Crippen molar-refractivity contribution in [1.29, 1.82) is 0 Å². The number of hydrogen-bond donors (Lipinski definition) is 2. The van der Waals surface area contributed by atoms with Gasteiger partial charge in [-0.3, -0.25) is 4.79 Å². The zero-order chi connectivity index (χ0) is 13.1. The molecule has 0 fully saturated rings. The Morgan fingerprint density at radius 3 is 2.59 bits per heavy atom. The Balaban J connectivity index is 2.61. The molecule has 1 unspecified atom stereocenters. The van der Waals surface area contributed by atoms with E-state index >= 15 is 0 Å². The number of nitrogens with two attached hydrogens (primary N) is 1. The summed E-state index contributed by atoms with van der Waals surface area (Å²) in [7, 11) is 0. The van der Waals surface area contributed by atoms with Crippen molar-refractivity contribution in [3.8, 4) is 0 Å². The summed E-state index contributed by atoms with van der Waals surface area (Å²) in [6.45, 7) is 8.13. The molecule has 0 aromatic heterocycles. The van der Waals surface area contributed by atoms with Crippen LogP contribution >= 0.6 is 0 Å². The fraction of sp³-hybridized carbons (Fsp3) is 0.500. The Hall–Kier alpha value is -1.51. The molecule has 0 heterocycles. The first-order valence-corrected chi connectivity index (χ1v) is 5.93. The van der Waals surface area contributed by atoms with Gasteiger partial charge in [-0.15, -0.1) is 0 Å². The average Bonchev–Trinajstić information content (AvgIpc) is 2.14. The Kier molecular flexibility index (Phi) is 4.16. The van der Waals surface area contributed by atoms with E-state index < -0.39 is 0 Å². The normalized spacial score (nSPS) is 13.2. The lowest BCUT2D eigenvalue weighted by Crippen LogP contribution is -2.29. The van der Waals surface area contributed by atoms with Crippen LogP contribution in [-0.4, -0.2) is 5.91 Å². The Morgan fingerprint density at radius 2 is 2.06 bits per heavy atom. The molecule has 1 amide bonds. The molecule has 1 rings (SSSR count). The van der Waals surface area contributed by atoms with Gasteiger partial charge in [0.05, 0.1) is 6.04 Å². The molecule has 0 aliphatic rings. The number of amides is 1. The second kappa shape index (κ2) is 5.21. The number of hydrogen-bond acceptors (Lipinski definition) is 2. The van der Waals surface area contributed by atoms with Crippen molar-refractivity contribution < 1.29 is 4.79 Å². The van der Waals surface area contributed by atoms with Gasteiger partial charge in [0.1, 0.15) is 0 Å². The lowest BCUT2D eigenvalue weighted by molar-refractivity contribution is -0.123. The van der Waals surface area contributed by atoms with Crippen molar-refractivity contribution in [3.05, 3.63) is 29.8 Å². The molecule has 1 aromatic rings. The van der Waals surface area contributed by atoms with Gasteiger partial charge in [0.2, 0.25) is 5.91 Å². The highest BCUT2D eigenvalue weighted by Gasteiger charge is 2.17. The van der Waals surface area contributed by atoms with Gasteiger partial charge in [-0.2, -0.15) is 0 Å². The molecule has 17 heavy (non-hydrogen) atoms. The lowest BCUT2D eigenvalue weighted by Gasteiger charge is -2.20. The summed E-state index contributed by atoms with van der Waals surface area (Å²) in [6, 6.07) is 7.60. The summed E-state index contributed by atoms with van der Waals surface area (Å²) >= 11 is 0. The predicted molar refractivity (Wildman–Crippen MR) is 71.5 cm³/mol. The van der Waals surface area contributed by atoms with Crippen LogP contribution in [0.2, 0.25) is 0 Å². The summed E-state index contributed by atoms with van der Waals surface area (Å²) in [4.78, 5) is 11.8. The van der Waals surface area contributed by atoms with Gasteiger partial charge in [-0.25, -0.2) is 0 Å². The Bertz CT molecular complexity index is 393. The van der Waals surface area contributed by atoms with Gasteiger partial charge >= 0.3 is 0 Å². The number of anilines is 1. The standard InChI is InChI=1S/C14H22N2O/c1-10(11-6-5-7-12(15)8-11)16-13(17)9-14(2,3)4/h5-8,10H,9,15H2,1-4H3,(H,16,17). The molecule has 0 aliphatic heterocycles. The molecule has 3 N–H and O–H groups in total. The second-order valence-corrected chi connectivity index (χ2v) is 5.70. The fourth-order valence-corrected chi connectivity index (χ4v) is 1.69. The van der Waals surface area contributed by atoms with E-state index in [9.17, 15) is 4.79 Å². The minimum atomic E-state index is -0.00616. The largest absolute Gasteiger partial charge is 0.399 e. The molecule has 0 radical (unpaired) electrons. The highest BCUT2D eigenvalue weighted by molar-refractivity contribution is 5.77. The Morgan fingerprint density at radius 1 is 1.41 bits per heavy atom. The monoisotopic (exact) mass is 234 g/mol. The van der Waals surface area contributed by atoms with Crippen LogP contribution in [0.1, 0.15) is 45.7 Å². The van der Waals surface area contributed by atoms with Crippen molar-refractivity contribution in [2.75, 3.05) is 5.73 Å². The maximum Gasteiger partial charge on any atom is 0.220 e. The predicted octanol–water partition coefficient (Wildman–Crippen LogP) is 2.88. The van der Waals surface area contributed by atoms with Gasteiger partial charge in [-0.05, 0) is 30.0 Å². The third kappa shape index (κ3) is 4.89. The molecule has 0 saturated carbocycles. The summed E-state index contributed by atoms with van der Waals surface area (Å²) in [5, 5.41) is 2.99. The zero-order valence-corrected chi connectivity index (χ0v) is 11.1. The minimum Gasteiger partial charge on any atom is -0.399 e. The van der Waals surface area contributed by atoms with E-state index in [1.54, 1.807) is 0 Å². The minimum absolute atomic E-state index is 0.00616. The van der Waals surface area contributed by atoms with E-state index in [4.69, 9.17) is 5.73 Å². The van der Waals surface area contributed by atoms with Gasteiger partial charge in [0, 0.05) is 12.1 Å².